The maximum absolute atomic E-state index is 2.37. The largest absolute Gasteiger partial charge is 0.0776 e. The average molecular weight is 204 g/mol. The Morgan fingerprint density at radius 3 is 2.53 bits per heavy atom. The fourth-order valence-corrected chi connectivity index (χ4v) is 3.09. The van der Waals surface area contributed by atoms with Gasteiger partial charge in [-0.05, 0) is 41.7 Å². The molecule has 2 rings (SSSR count). The zero-order valence-electron chi connectivity index (χ0n) is 9.51. The van der Waals surface area contributed by atoms with Crippen molar-refractivity contribution in [1.29, 1.82) is 0 Å². The molecule has 84 valence electrons. The lowest BCUT2D eigenvalue weighted by Gasteiger charge is -2.33. The molecule has 0 fully saturated rings. The second-order valence-electron chi connectivity index (χ2n) is 4.82. The second kappa shape index (κ2) is 4.38. The van der Waals surface area contributed by atoms with Crippen LogP contribution in [0.2, 0.25) is 0 Å². The zero-order valence-corrected chi connectivity index (χ0v) is 9.51. The van der Waals surface area contributed by atoms with Gasteiger partial charge in [-0.25, -0.2) is 0 Å². The maximum Gasteiger partial charge on any atom is -0.00207 e. The highest BCUT2D eigenvalue weighted by Crippen LogP contribution is 2.46. The van der Waals surface area contributed by atoms with Crippen LogP contribution in [0.25, 0.3) is 0 Å². The SMILES string of the molecule is C.CCC1(C(C)C)CCc2ccccc21. The summed E-state index contributed by atoms with van der Waals surface area (Å²) in [5.41, 5.74) is 3.68. The van der Waals surface area contributed by atoms with E-state index in [2.05, 4.69) is 45.0 Å². The van der Waals surface area contributed by atoms with E-state index in [-0.39, 0.29) is 7.43 Å². The molecule has 1 unspecified atom stereocenters. The van der Waals surface area contributed by atoms with Crippen LogP contribution in [0.1, 0.15) is 52.2 Å². The van der Waals surface area contributed by atoms with Crippen molar-refractivity contribution in [2.75, 3.05) is 0 Å². The van der Waals surface area contributed by atoms with Gasteiger partial charge in [0.25, 0.3) is 0 Å². The Balaban J connectivity index is 0.00000112. The number of aryl methyl sites for hydroxylation is 1. The molecule has 0 nitrogen and oxygen atoms in total. The summed E-state index contributed by atoms with van der Waals surface area (Å²) in [6, 6.07) is 9.00. The molecule has 15 heavy (non-hydrogen) atoms. The highest BCUT2D eigenvalue weighted by atomic mass is 14.4. The van der Waals surface area contributed by atoms with Crippen LogP contribution in [0.15, 0.2) is 24.3 Å². The normalized spacial score (nSPS) is 23.7. The van der Waals surface area contributed by atoms with Gasteiger partial charge in [-0.2, -0.15) is 0 Å². The molecule has 1 atom stereocenters. The summed E-state index contributed by atoms with van der Waals surface area (Å²) in [5.74, 6) is 0.760. The fourth-order valence-electron chi connectivity index (χ4n) is 3.09. The molecule has 0 heteroatoms. The molecule has 1 aliphatic rings. The molecule has 0 radical (unpaired) electrons. The van der Waals surface area contributed by atoms with Gasteiger partial charge in [-0.3, -0.25) is 0 Å². The maximum atomic E-state index is 2.37. The summed E-state index contributed by atoms with van der Waals surface area (Å²) >= 11 is 0. The fraction of sp³-hybridized carbons (Fsp3) is 0.600. The summed E-state index contributed by atoms with van der Waals surface area (Å²) in [5, 5.41) is 0. The van der Waals surface area contributed by atoms with Gasteiger partial charge in [-0.15, -0.1) is 0 Å². The van der Waals surface area contributed by atoms with Crippen molar-refractivity contribution in [2.45, 2.75) is 52.9 Å². The molecule has 0 N–H and O–H groups in total. The summed E-state index contributed by atoms with van der Waals surface area (Å²) in [7, 11) is 0. The monoisotopic (exact) mass is 204 g/mol. The van der Waals surface area contributed by atoms with Gasteiger partial charge in [0.1, 0.15) is 0 Å². The molecule has 0 aromatic heterocycles. The molecule has 0 saturated heterocycles. The lowest BCUT2D eigenvalue weighted by atomic mass is 9.71. The molecule has 1 aromatic rings. The highest BCUT2D eigenvalue weighted by Gasteiger charge is 2.39. The van der Waals surface area contributed by atoms with Gasteiger partial charge in [-0.1, -0.05) is 52.5 Å². The first-order valence-electron chi connectivity index (χ1n) is 5.79. The summed E-state index contributed by atoms with van der Waals surface area (Å²) in [4.78, 5) is 0. The number of benzene rings is 1. The molecule has 0 saturated carbocycles. The Morgan fingerprint density at radius 1 is 1.27 bits per heavy atom. The van der Waals surface area contributed by atoms with Crippen molar-refractivity contribution in [1.82, 2.24) is 0 Å². The molecular weight excluding hydrogens is 180 g/mol. The average Bonchev–Trinajstić information content (AvgIpc) is 2.57. The molecule has 0 bridgehead atoms. The Labute approximate surface area is 94.7 Å². The second-order valence-corrected chi connectivity index (χ2v) is 4.82. The standard InChI is InChI=1S/C14H20.CH4/c1-4-14(11(2)3)10-9-12-7-5-6-8-13(12)14;/h5-8,11H,4,9-10H2,1-3H3;1H4. The Morgan fingerprint density at radius 2 is 1.93 bits per heavy atom. The van der Waals surface area contributed by atoms with Crippen molar-refractivity contribution in [2.24, 2.45) is 5.92 Å². The van der Waals surface area contributed by atoms with Crippen molar-refractivity contribution < 1.29 is 0 Å². The topological polar surface area (TPSA) is 0 Å². The number of hydrogen-bond acceptors (Lipinski definition) is 0. The quantitative estimate of drug-likeness (QED) is 0.662. The minimum atomic E-state index is 0. The van der Waals surface area contributed by atoms with Crippen LogP contribution >= 0.6 is 0 Å². The minimum absolute atomic E-state index is 0. The molecule has 1 aromatic carbocycles. The van der Waals surface area contributed by atoms with Crippen LogP contribution in [0.3, 0.4) is 0 Å². The van der Waals surface area contributed by atoms with Crippen LogP contribution in [-0.2, 0) is 11.8 Å². The van der Waals surface area contributed by atoms with E-state index < -0.39 is 0 Å². The molecule has 0 amide bonds. The van der Waals surface area contributed by atoms with E-state index in [1.54, 1.807) is 11.1 Å². The third-order valence-corrected chi connectivity index (χ3v) is 4.13. The summed E-state index contributed by atoms with van der Waals surface area (Å²) < 4.78 is 0. The third-order valence-electron chi connectivity index (χ3n) is 4.13. The van der Waals surface area contributed by atoms with E-state index in [0.29, 0.717) is 5.41 Å². The zero-order chi connectivity index (χ0) is 10.2. The summed E-state index contributed by atoms with van der Waals surface area (Å²) in [6.07, 6.45) is 3.91. The minimum Gasteiger partial charge on any atom is -0.0776 e. The van der Waals surface area contributed by atoms with Gasteiger partial charge >= 0.3 is 0 Å². The Kier molecular flexibility index (Phi) is 3.59. The smallest absolute Gasteiger partial charge is 0.00207 e. The number of rotatable bonds is 2. The molecule has 0 heterocycles. The highest BCUT2D eigenvalue weighted by molar-refractivity contribution is 5.39. The van der Waals surface area contributed by atoms with Crippen molar-refractivity contribution >= 4 is 0 Å². The van der Waals surface area contributed by atoms with Gasteiger partial charge in [0.05, 0.1) is 0 Å². The first-order chi connectivity index (χ1) is 6.70. The van der Waals surface area contributed by atoms with Crippen LogP contribution < -0.4 is 0 Å². The van der Waals surface area contributed by atoms with E-state index in [4.69, 9.17) is 0 Å². The number of hydrogen-bond donors (Lipinski definition) is 0. The van der Waals surface area contributed by atoms with Crippen molar-refractivity contribution in [3.05, 3.63) is 35.4 Å². The Hall–Kier alpha value is -0.780. The lowest BCUT2D eigenvalue weighted by Crippen LogP contribution is -2.28. The molecule has 1 aliphatic carbocycles. The predicted octanol–water partition coefficient (Wildman–Crippen LogP) is 4.57. The van der Waals surface area contributed by atoms with E-state index in [1.807, 2.05) is 0 Å². The van der Waals surface area contributed by atoms with Crippen LogP contribution in [0, 0.1) is 5.92 Å². The molecule has 0 spiro atoms. The Bertz CT molecular complexity index is 325. The lowest BCUT2D eigenvalue weighted by molar-refractivity contribution is 0.294. The van der Waals surface area contributed by atoms with Crippen molar-refractivity contribution in [3.63, 3.8) is 0 Å². The van der Waals surface area contributed by atoms with Crippen LogP contribution in [0.4, 0.5) is 0 Å². The van der Waals surface area contributed by atoms with E-state index in [1.165, 1.54) is 19.3 Å². The van der Waals surface area contributed by atoms with Gasteiger partial charge in [0.2, 0.25) is 0 Å². The number of fused-ring (bicyclic) bond motifs is 1. The van der Waals surface area contributed by atoms with Crippen LogP contribution in [-0.4, -0.2) is 0 Å². The van der Waals surface area contributed by atoms with Crippen LogP contribution in [0.5, 0.6) is 0 Å². The summed E-state index contributed by atoms with van der Waals surface area (Å²) in [6.45, 7) is 7.07. The predicted molar refractivity (Wildman–Crippen MR) is 68.3 cm³/mol. The van der Waals surface area contributed by atoms with Crippen molar-refractivity contribution in [3.8, 4) is 0 Å². The van der Waals surface area contributed by atoms with E-state index in [9.17, 15) is 0 Å². The van der Waals surface area contributed by atoms with Gasteiger partial charge in [0.15, 0.2) is 0 Å². The first-order valence-corrected chi connectivity index (χ1v) is 5.79. The van der Waals surface area contributed by atoms with E-state index >= 15 is 0 Å². The first kappa shape index (κ1) is 12.3. The van der Waals surface area contributed by atoms with Gasteiger partial charge < -0.3 is 0 Å². The molecular formula is C15H24. The molecule has 0 aliphatic heterocycles. The van der Waals surface area contributed by atoms with Gasteiger partial charge in [0, 0.05) is 0 Å². The van der Waals surface area contributed by atoms with E-state index in [0.717, 1.165) is 5.92 Å². The third kappa shape index (κ3) is 1.71.